The van der Waals surface area contributed by atoms with Crippen molar-refractivity contribution in [2.24, 2.45) is 0 Å². The van der Waals surface area contributed by atoms with E-state index in [1.54, 1.807) is 0 Å². The molecule has 82 valence electrons. The van der Waals surface area contributed by atoms with Crippen LogP contribution in [-0.4, -0.2) is 13.2 Å². The monoisotopic (exact) mass is 224 g/mol. The molecule has 0 N–H and O–H groups in total. The van der Waals surface area contributed by atoms with Crippen LogP contribution < -0.4 is 0 Å². The number of hydrogen-bond donors (Lipinski definition) is 0. The molecule has 0 unspecified atom stereocenters. The minimum atomic E-state index is 0.278. The lowest BCUT2D eigenvalue weighted by Crippen LogP contribution is -2.39. The molecule has 15 heavy (non-hydrogen) atoms. The van der Waals surface area contributed by atoms with E-state index in [2.05, 4.69) is 12.1 Å². The number of rotatable bonds is 4. The first-order valence-electron chi connectivity index (χ1n) is 5.61. The molecule has 1 aliphatic rings. The lowest BCUT2D eigenvalue weighted by Gasteiger charge is -2.42. The summed E-state index contributed by atoms with van der Waals surface area (Å²) in [6.07, 6.45) is 3.80. The zero-order valence-corrected chi connectivity index (χ0v) is 9.89. The Hall–Kier alpha value is -0.530. The summed E-state index contributed by atoms with van der Waals surface area (Å²) in [7, 11) is 0. The lowest BCUT2D eigenvalue weighted by molar-refractivity contribution is 0.0522. The van der Waals surface area contributed by atoms with Crippen LogP contribution in [0.1, 0.15) is 31.7 Å². The average molecular weight is 225 g/mol. The van der Waals surface area contributed by atoms with Gasteiger partial charge in [-0.25, -0.2) is 0 Å². The maximum Gasteiger partial charge on any atom is 0.0562 e. The van der Waals surface area contributed by atoms with E-state index in [4.69, 9.17) is 16.3 Å². The van der Waals surface area contributed by atoms with E-state index >= 15 is 0 Å². The fourth-order valence-electron chi connectivity index (χ4n) is 2.22. The molecular formula is C13H17ClO. The van der Waals surface area contributed by atoms with Crippen LogP contribution in [-0.2, 0) is 10.2 Å². The smallest absolute Gasteiger partial charge is 0.0562 e. The molecule has 1 nitrogen and oxygen atoms in total. The van der Waals surface area contributed by atoms with Crippen LogP contribution >= 0.6 is 11.6 Å². The molecule has 1 fully saturated rings. The number of hydrogen-bond acceptors (Lipinski definition) is 1. The summed E-state index contributed by atoms with van der Waals surface area (Å²) >= 11 is 5.90. The standard InChI is InChI=1S/C13H17ClO/c1-2-15-10-13(8-3-9-13)11-4-6-12(14)7-5-11/h4-7H,2-3,8-10H2,1H3. The van der Waals surface area contributed by atoms with Gasteiger partial charge in [-0.15, -0.1) is 0 Å². The molecule has 0 atom stereocenters. The molecule has 0 heterocycles. The quantitative estimate of drug-likeness (QED) is 0.756. The zero-order valence-electron chi connectivity index (χ0n) is 9.13. The van der Waals surface area contributed by atoms with Gasteiger partial charge in [-0.05, 0) is 37.5 Å². The summed E-state index contributed by atoms with van der Waals surface area (Å²) in [5, 5.41) is 0.810. The second-order valence-corrected chi connectivity index (χ2v) is 4.71. The molecule has 1 aromatic carbocycles. The molecule has 0 bridgehead atoms. The molecule has 0 aliphatic heterocycles. The van der Waals surface area contributed by atoms with Gasteiger partial charge in [0.05, 0.1) is 6.61 Å². The van der Waals surface area contributed by atoms with Crippen LogP contribution in [0.3, 0.4) is 0 Å². The van der Waals surface area contributed by atoms with Gasteiger partial charge in [0.1, 0.15) is 0 Å². The zero-order chi connectivity index (χ0) is 10.7. The minimum Gasteiger partial charge on any atom is -0.381 e. The molecule has 1 aliphatic carbocycles. The summed E-state index contributed by atoms with van der Waals surface area (Å²) < 4.78 is 5.59. The maximum atomic E-state index is 5.90. The number of ether oxygens (including phenoxy) is 1. The van der Waals surface area contributed by atoms with E-state index in [9.17, 15) is 0 Å². The van der Waals surface area contributed by atoms with Crippen molar-refractivity contribution in [2.75, 3.05) is 13.2 Å². The summed E-state index contributed by atoms with van der Waals surface area (Å²) in [5.41, 5.74) is 1.66. The molecule has 1 aromatic rings. The van der Waals surface area contributed by atoms with Crippen molar-refractivity contribution in [3.63, 3.8) is 0 Å². The van der Waals surface area contributed by atoms with Crippen LogP contribution in [0, 0.1) is 0 Å². The van der Waals surface area contributed by atoms with Crippen LogP contribution in [0.5, 0.6) is 0 Å². The third-order valence-corrected chi connectivity index (χ3v) is 3.60. The molecule has 0 aromatic heterocycles. The van der Waals surface area contributed by atoms with Crippen molar-refractivity contribution in [3.8, 4) is 0 Å². The summed E-state index contributed by atoms with van der Waals surface area (Å²) in [6, 6.07) is 8.23. The molecular weight excluding hydrogens is 208 g/mol. The summed E-state index contributed by atoms with van der Waals surface area (Å²) in [5.74, 6) is 0. The van der Waals surface area contributed by atoms with Gasteiger partial charge in [-0.1, -0.05) is 30.2 Å². The highest BCUT2D eigenvalue weighted by atomic mass is 35.5. The predicted molar refractivity (Wildman–Crippen MR) is 63.5 cm³/mol. The third kappa shape index (κ3) is 2.19. The van der Waals surface area contributed by atoms with Gasteiger partial charge < -0.3 is 4.74 Å². The number of halogens is 1. The van der Waals surface area contributed by atoms with E-state index in [1.165, 1.54) is 24.8 Å². The van der Waals surface area contributed by atoms with Gasteiger partial charge >= 0.3 is 0 Å². The SMILES string of the molecule is CCOCC1(c2ccc(Cl)cc2)CCC1. The molecule has 0 amide bonds. The van der Waals surface area contributed by atoms with Crippen LogP contribution in [0.4, 0.5) is 0 Å². The van der Waals surface area contributed by atoms with Gasteiger partial charge in [0.15, 0.2) is 0 Å². The average Bonchev–Trinajstić information content (AvgIpc) is 2.19. The van der Waals surface area contributed by atoms with E-state index in [0.29, 0.717) is 0 Å². The Morgan fingerprint density at radius 3 is 2.40 bits per heavy atom. The normalized spacial score (nSPS) is 18.5. The molecule has 2 rings (SSSR count). The van der Waals surface area contributed by atoms with Crippen molar-refractivity contribution < 1.29 is 4.74 Å². The highest BCUT2D eigenvalue weighted by molar-refractivity contribution is 6.30. The van der Waals surface area contributed by atoms with E-state index in [1.807, 2.05) is 19.1 Å². The van der Waals surface area contributed by atoms with Gasteiger partial charge in [0.2, 0.25) is 0 Å². The minimum absolute atomic E-state index is 0.278. The van der Waals surface area contributed by atoms with Crippen LogP contribution in [0.15, 0.2) is 24.3 Å². The Morgan fingerprint density at radius 1 is 1.27 bits per heavy atom. The van der Waals surface area contributed by atoms with Crippen molar-refractivity contribution >= 4 is 11.6 Å². The van der Waals surface area contributed by atoms with E-state index in [0.717, 1.165) is 18.2 Å². The van der Waals surface area contributed by atoms with Gasteiger partial charge in [0, 0.05) is 17.0 Å². The Kier molecular flexibility index (Phi) is 3.32. The predicted octanol–water partition coefficient (Wildman–Crippen LogP) is 3.80. The Balaban J connectivity index is 2.14. The fraction of sp³-hybridized carbons (Fsp3) is 0.538. The Labute approximate surface area is 96.4 Å². The highest BCUT2D eigenvalue weighted by Gasteiger charge is 2.38. The topological polar surface area (TPSA) is 9.23 Å². The fourth-order valence-corrected chi connectivity index (χ4v) is 2.35. The summed E-state index contributed by atoms with van der Waals surface area (Å²) in [6.45, 7) is 3.70. The van der Waals surface area contributed by atoms with Gasteiger partial charge in [-0.2, -0.15) is 0 Å². The van der Waals surface area contributed by atoms with Crippen LogP contribution in [0.25, 0.3) is 0 Å². The first kappa shape index (κ1) is 11.0. The molecule has 0 radical (unpaired) electrons. The Morgan fingerprint density at radius 2 is 1.93 bits per heavy atom. The van der Waals surface area contributed by atoms with Crippen molar-refractivity contribution in [2.45, 2.75) is 31.6 Å². The Bertz CT molecular complexity index is 314. The van der Waals surface area contributed by atoms with Crippen molar-refractivity contribution in [3.05, 3.63) is 34.9 Å². The first-order chi connectivity index (χ1) is 7.27. The van der Waals surface area contributed by atoms with Gasteiger partial charge in [-0.3, -0.25) is 0 Å². The number of benzene rings is 1. The molecule has 0 saturated heterocycles. The lowest BCUT2D eigenvalue weighted by atomic mass is 9.65. The van der Waals surface area contributed by atoms with Crippen molar-refractivity contribution in [1.29, 1.82) is 0 Å². The second-order valence-electron chi connectivity index (χ2n) is 4.28. The highest BCUT2D eigenvalue weighted by Crippen LogP contribution is 2.44. The van der Waals surface area contributed by atoms with Crippen molar-refractivity contribution in [1.82, 2.24) is 0 Å². The third-order valence-electron chi connectivity index (χ3n) is 3.35. The largest absolute Gasteiger partial charge is 0.381 e. The maximum absolute atomic E-state index is 5.90. The first-order valence-corrected chi connectivity index (χ1v) is 5.98. The molecule has 1 saturated carbocycles. The van der Waals surface area contributed by atoms with E-state index < -0.39 is 0 Å². The van der Waals surface area contributed by atoms with E-state index in [-0.39, 0.29) is 5.41 Å². The molecule has 2 heteroatoms. The van der Waals surface area contributed by atoms with Gasteiger partial charge in [0.25, 0.3) is 0 Å². The summed E-state index contributed by atoms with van der Waals surface area (Å²) in [4.78, 5) is 0. The second kappa shape index (κ2) is 4.54. The van der Waals surface area contributed by atoms with Crippen LogP contribution in [0.2, 0.25) is 5.02 Å². The molecule has 0 spiro atoms.